The summed E-state index contributed by atoms with van der Waals surface area (Å²) in [5.74, 6) is 0.777. The van der Waals surface area contributed by atoms with E-state index in [4.69, 9.17) is 4.74 Å². The van der Waals surface area contributed by atoms with E-state index in [1.165, 1.54) is 23.0 Å². The molecule has 0 saturated heterocycles. The molecule has 28 heavy (non-hydrogen) atoms. The second-order valence-corrected chi connectivity index (χ2v) is 7.68. The first-order valence-electron chi connectivity index (χ1n) is 8.92. The summed E-state index contributed by atoms with van der Waals surface area (Å²) in [5, 5.41) is 0.605. The van der Waals surface area contributed by atoms with Gasteiger partial charge in [0.1, 0.15) is 10.6 Å². The van der Waals surface area contributed by atoms with Crippen molar-refractivity contribution in [2.75, 3.05) is 7.11 Å². The van der Waals surface area contributed by atoms with E-state index in [2.05, 4.69) is 0 Å². The molecule has 4 aromatic rings. The molecule has 0 radical (unpaired) electrons. The molecule has 0 unspecified atom stereocenters. The van der Waals surface area contributed by atoms with E-state index in [0.29, 0.717) is 16.8 Å². The topological polar surface area (TPSA) is 53.2 Å². The highest BCUT2D eigenvalue weighted by Crippen LogP contribution is 2.36. The van der Waals surface area contributed by atoms with Gasteiger partial charge < -0.3 is 4.74 Å². The molecule has 0 N–H and O–H groups in total. The highest BCUT2D eigenvalue weighted by atomic mass is 32.1. The number of fused-ring (bicyclic) bond motifs is 1. The molecule has 2 aromatic heterocycles. The van der Waals surface area contributed by atoms with Crippen molar-refractivity contribution in [3.05, 3.63) is 86.6 Å². The molecule has 0 aliphatic carbocycles. The maximum absolute atomic E-state index is 12.9. The van der Waals surface area contributed by atoms with Crippen molar-refractivity contribution in [3.8, 4) is 16.2 Å². The van der Waals surface area contributed by atoms with Gasteiger partial charge in [0.25, 0.3) is 5.56 Å². The van der Waals surface area contributed by atoms with Crippen LogP contribution in [0.5, 0.6) is 5.75 Å². The van der Waals surface area contributed by atoms with Gasteiger partial charge in [-0.25, -0.2) is 4.79 Å². The molecule has 4 rings (SSSR count). The van der Waals surface area contributed by atoms with Gasteiger partial charge in [-0.15, -0.1) is 11.3 Å². The smallest absolute Gasteiger partial charge is 0.332 e. The number of nitrogens with zero attached hydrogens (tertiary/aromatic N) is 2. The Morgan fingerprint density at radius 1 is 1.00 bits per heavy atom. The Morgan fingerprint density at radius 3 is 2.32 bits per heavy atom. The van der Waals surface area contributed by atoms with Crippen molar-refractivity contribution in [3.63, 3.8) is 0 Å². The van der Waals surface area contributed by atoms with Gasteiger partial charge in [-0.3, -0.25) is 13.9 Å². The summed E-state index contributed by atoms with van der Waals surface area (Å²) < 4.78 is 8.12. The van der Waals surface area contributed by atoms with Gasteiger partial charge in [0.05, 0.1) is 19.0 Å². The van der Waals surface area contributed by atoms with Gasteiger partial charge in [-0.05, 0) is 47.9 Å². The van der Waals surface area contributed by atoms with Crippen LogP contribution in [0.1, 0.15) is 11.1 Å². The maximum atomic E-state index is 12.9. The number of ether oxygens (including phenoxy) is 1. The van der Waals surface area contributed by atoms with Crippen molar-refractivity contribution in [1.29, 1.82) is 0 Å². The molecule has 5 nitrogen and oxygen atoms in total. The van der Waals surface area contributed by atoms with Gasteiger partial charge >= 0.3 is 5.69 Å². The molecule has 2 heterocycles. The third kappa shape index (κ3) is 2.96. The van der Waals surface area contributed by atoms with Crippen LogP contribution < -0.4 is 16.0 Å². The molecular weight excluding hydrogens is 372 g/mol. The summed E-state index contributed by atoms with van der Waals surface area (Å²) in [6.07, 6.45) is 0. The first kappa shape index (κ1) is 18.3. The average molecular weight is 392 g/mol. The summed E-state index contributed by atoms with van der Waals surface area (Å²) in [6, 6.07) is 17.5. The predicted octanol–water partition coefficient (Wildman–Crippen LogP) is 3.79. The molecule has 2 aromatic carbocycles. The number of methoxy groups -OCH3 is 1. The second kappa shape index (κ2) is 7.13. The lowest BCUT2D eigenvalue weighted by atomic mass is 10.1. The zero-order valence-corrected chi connectivity index (χ0v) is 16.7. The van der Waals surface area contributed by atoms with E-state index in [0.717, 1.165) is 27.3 Å². The zero-order chi connectivity index (χ0) is 19.8. The molecule has 0 fully saturated rings. The molecule has 0 amide bonds. The van der Waals surface area contributed by atoms with Crippen molar-refractivity contribution in [2.24, 2.45) is 7.05 Å². The number of benzene rings is 2. The quantitative estimate of drug-likeness (QED) is 0.531. The Labute approximate surface area is 166 Å². The van der Waals surface area contributed by atoms with E-state index in [-0.39, 0.29) is 11.2 Å². The molecule has 0 spiro atoms. The van der Waals surface area contributed by atoms with E-state index < -0.39 is 0 Å². The number of aryl methyl sites for hydroxylation is 1. The lowest BCUT2D eigenvalue weighted by Crippen LogP contribution is -2.38. The number of rotatable bonds is 4. The van der Waals surface area contributed by atoms with Crippen molar-refractivity contribution >= 4 is 21.6 Å². The molecule has 0 saturated carbocycles. The number of hydrogen-bond acceptors (Lipinski definition) is 4. The Morgan fingerprint density at radius 2 is 1.68 bits per heavy atom. The van der Waals surface area contributed by atoms with Crippen LogP contribution in [0.4, 0.5) is 0 Å². The van der Waals surface area contributed by atoms with Gasteiger partial charge in [0.2, 0.25) is 0 Å². The number of aromatic nitrogens is 2. The van der Waals surface area contributed by atoms with Crippen LogP contribution in [0.2, 0.25) is 0 Å². The number of thiophene rings is 1. The lowest BCUT2D eigenvalue weighted by molar-refractivity contribution is 0.415. The summed E-state index contributed by atoms with van der Waals surface area (Å²) in [6.45, 7) is 2.36. The first-order chi connectivity index (χ1) is 13.5. The third-order valence-corrected chi connectivity index (χ3v) is 6.31. The van der Waals surface area contributed by atoms with Crippen LogP contribution in [0.15, 0.2) is 64.2 Å². The molecular formula is C22H20N2O3S. The van der Waals surface area contributed by atoms with E-state index >= 15 is 0 Å². The van der Waals surface area contributed by atoms with Gasteiger partial charge in [-0.2, -0.15) is 0 Å². The highest BCUT2D eigenvalue weighted by Gasteiger charge is 2.19. The van der Waals surface area contributed by atoms with Crippen molar-refractivity contribution < 1.29 is 4.74 Å². The minimum Gasteiger partial charge on any atom is -0.497 e. The van der Waals surface area contributed by atoms with Crippen LogP contribution in [-0.2, 0) is 13.6 Å². The summed E-state index contributed by atoms with van der Waals surface area (Å²) in [4.78, 5) is 27.4. The van der Waals surface area contributed by atoms with E-state index in [1.807, 2.05) is 61.5 Å². The Kier molecular flexibility index (Phi) is 4.65. The fourth-order valence-electron chi connectivity index (χ4n) is 3.39. The third-order valence-electron chi connectivity index (χ3n) is 4.95. The molecule has 0 atom stereocenters. The van der Waals surface area contributed by atoms with Gasteiger partial charge in [-0.1, -0.05) is 30.3 Å². The summed E-state index contributed by atoms with van der Waals surface area (Å²) in [5.41, 5.74) is 2.36. The molecule has 6 heteroatoms. The van der Waals surface area contributed by atoms with E-state index in [9.17, 15) is 9.59 Å². The minimum atomic E-state index is -0.302. The first-order valence-corrected chi connectivity index (χ1v) is 9.74. The fraction of sp³-hybridized carbons (Fsp3) is 0.182. The summed E-state index contributed by atoms with van der Waals surface area (Å²) in [7, 11) is 3.17. The SMILES string of the molecule is COc1ccc(-c2sc3c(c2C)c(=O)n(C)c(=O)n3Cc2ccccc2)cc1. The Hall–Kier alpha value is -3.12. The van der Waals surface area contributed by atoms with Crippen LogP contribution >= 0.6 is 11.3 Å². The average Bonchev–Trinajstić information content (AvgIpc) is 3.07. The molecule has 0 aliphatic heterocycles. The normalized spacial score (nSPS) is 11.1. The molecule has 0 bridgehead atoms. The van der Waals surface area contributed by atoms with Gasteiger partial charge in [0, 0.05) is 11.9 Å². The van der Waals surface area contributed by atoms with E-state index in [1.54, 1.807) is 11.7 Å². The van der Waals surface area contributed by atoms with Crippen LogP contribution in [-0.4, -0.2) is 16.2 Å². The monoisotopic (exact) mass is 392 g/mol. The standard InChI is InChI=1S/C22H20N2O3S/c1-14-18-20(25)23(2)22(26)24(13-15-7-5-4-6-8-15)21(18)28-19(14)16-9-11-17(27-3)12-10-16/h4-12H,13H2,1-3H3. The van der Waals surface area contributed by atoms with Crippen molar-refractivity contribution in [1.82, 2.24) is 9.13 Å². The van der Waals surface area contributed by atoms with Gasteiger partial charge in [0.15, 0.2) is 0 Å². The largest absolute Gasteiger partial charge is 0.497 e. The summed E-state index contributed by atoms with van der Waals surface area (Å²) >= 11 is 1.48. The van der Waals surface area contributed by atoms with Crippen LogP contribution in [0.25, 0.3) is 20.7 Å². The van der Waals surface area contributed by atoms with Crippen LogP contribution in [0.3, 0.4) is 0 Å². The minimum absolute atomic E-state index is 0.252. The lowest BCUT2D eigenvalue weighted by Gasteiger charge is -2.09. The fourth-order valence-corrected chi connectivity index (χ4v) is 4.68. The zero-order valence-electron chi connectivity index (χ0n) is 15.9. The predicted molar refractivity (Wildman–Crippen MR) is 114 cm³/mol. The maximum Gasteiger partial charge on any atom is 0.332 e. The molecule has 142 valence electrons. The van der Waals surface area contributed by atoms with Crippen LogP contribution in [0, 0.1) is 6.92 Å². The van der Waals surface area contributed by atoms with Crippen molar-refractivity contribution in [2.45, 2.75) is 13.5 Å². The Balaban J connectivity index is 1.97. The second-order valence-electron chi connectivity index (χ2n) is 6.68. The number of hydrogen-bond donors (Lipinski definition) is 0. The molecule has 0 aliphatic rings. The Bertz CT molecular complexity index is 1270. The highest BCUT2D eigenvalue weighted by molar-refractivity contribution is 7.22.